The van der Waals surface area contributed by atoms with Crippen LogP contribution in [0.5, 0.6) is 0 Å². The molecule has 108 valence electrons. The highest BCUT2D eigenvalue weighted by atomic mass is 16.2. The van der Waals surface area contributed by atoms with Gasteiger partial charge in [-0.3, -0.25) is 4.79 Å². The molecule has 0 spiro atoms. The molecule has 0 aliphatic carbocycles. The second kappa shape index (κ2) is 5.77. The Morgan fingerprint density at radius 1 is 1.25 bits per heavy atom. The maximum absolute atomic E-state index is 12.5. The molecule has 2 saturated heterocycles. The van der Waals surface area contributed by atoms with Gasteiger partial charge in [-0.15, -0.1) is 0 Å². The number of rotatable bonds is 2. The van der Waals surface area contributed by atoms with Gasteiger partial charge in [0.1, 0.15) is 11.6 Å². The van der Waals surface area contributed by atoms with Crippen LogP contribution >= 0.6 is 0 Å². The summed E-state index contributed by atoms with van der Waals surface area (Å²) in [6, 6.07) is 1.94. The van der Waals surface area contributed by atoms with Crippen LogP contribution in [0.1, 0.15) is 31.5 Å². The molecular weight excluding hydrogens is 252 g/mol. The number of aromatic nitrogens is 2. The zero-order valence-corrected chi connectivity index (χ0v) is 12.1. The Morgan fingerprint density at radius 3 is 2.80 bits per heavy atom. The van der Waals surface area contributed by atoms with E-state index >= 15 is 0 Å². The number of aryl methyl sites for hydroxylation is 1. The van der Waals surface area contributed by atoms with Gasteiger partial charge in [-0.05, 0) is 38.7 Å². The zero-order chi connectivity index (χ0) is 13.9. The van der Waals surface area contributed by atoms with Crippen molar-refractivity contribution in [3.63, 3.8) is 0 Å². The summed E-state index contributed by atoms with van der Waals surface area (Å²) in [6.07, 6.45) is 6.19. The van der Waals surface area contributed by atoms with Gasteiger partial charge in [0.15, 0.2) is 0 Å². The van der Waals surface area contributed by atoms with Crippen LogP contribution < -0.4 is 4.90 Å². The van der Waals surface area contributed by atoms with Gasteiger partial charge in [-0.1, -0.05) is 0 Å². The first-order valence-corrected chi connectivity index (χ1v) is 7.57. The lowest BCUT2D eigenvalue weighted by molar-refractivity contribution is -0.134. The molecule has 0 N–H and O–H groups in total. The molecule has 2 aliphatic heterocycles. The first-order chi connectivity index (χ1) is 9.74. The van der Waals surface area contributed by atoms with E-state index in [0.717, 1.165) is 63.5 Å². The molecule has 1 unspecified atom stereocenters. The average Bonchev–Trinajstić information content (AvgIpc) is 3.01. The quantitative estimate of drug-likeness (QED) is 0.822. The average molecular weight is 274 g/mol. The topological polar surface area (TPSA) is 49.3 Å². The normalized spacial score (nSPS) is 23.1. The smallest absolute Gasteiger partial charge is 0.227 e. The number of anilines is 1. The van der Waals surface area contributed by atoms with E-state index in [1.165, 1.54) is 0 Å². The van der Waals surface area contributed by atoms with Crippen molar-refractivity contribution in [2.24, 2.45) is 5.92 Å². The molecule has 2 fully saturated rings. The molecule has 5 heteroatoms. The third kappa shape index (κ3) is 2.76. The zero-order valence-electron chi connectivity index (χ0n) is 12.1. The first kappa shape index (κ1) is 13.3. The van der Waals surface area contributed by atoms with Crippen molar-refractivity contribution in [1.82, 2.24) is 14.9 Å². The van der Waals surface area contributed by atoms with E-state index in [4.69, 9.17) is 0 Å². The number of hydrogen-bond donors (Lipinski definition) is 0. The van der Waals surface area contributed by atoms with Gasteiger partial charge in [-0.25, -0.2) is 9.97 Å². The first-order valence-electron chi connectivity index (χ1n) is 7.57. The van der Waals surface area contributed by atoms with E-state index < -0.39 is 0 Å². The molecule has 1 aromatic heterocycles. The van der Waals surface area contributed by atoms with Crippen LogP contribution in [0.3, 0.4) is 0 Å². The van der Waals surface area contributed by atoms with Crippen molar-refractivity contribution in [2.75, 3.05) is 31.1 Å². The fraction of sp³-hybridized carbons (Fsp3) is 0.667. The second-order valence-electron chi connectivity index (χ2n) is 5.78. The number of carbonyl (C=O) groups is 1. The Balaban J connectivity index is 1.68. The number of carbonyl (C=O) groups excluding carboxylic acids is 1. The molecule has 0 bridgehead atoms. The summed E-state index contributed by atoms with van der Waals surface area (Å²) in [5, 5.41) is 0. The molecular formula is C15H22N4O. The number of nitrogens with zero attached hydrogens (tertiary/aromatic N) is 4. The van der Waals surface area contributed by atoms with Crippen molar-refractivity contribution in [2.45, 2.75) is 32.6 Å². The predicted octanol–water partition coefficient (Wildman–Crippen LogP) is 1.62. The van der Waals surface area contributed by atoms with Gasteiger partial charge in [-0.2, -0.15) is 0 Å². The van der Waals surface area contributed by atoms with E-state index in [1.54, 1.807) is 6.20 Å². The summed E-state index contributed by atoms with van der Waals surface area (Å²) in [5.74, 6) is 2.22. The lowest BCUT2D eigenvalue weighted by Crippen LogP contribution is -2.44. The Kier molecular flexibility index (Phi) is 3.85. The van der Waals surface area contributed by atoms with Crippen LogP contribution in [0.2, 0.25) is 0 Å². The molecule has 20 heavy (non-hydrogen) atoms. The molecule has 3 rings (SSSR count). The standard InChI is InChI=1S/C15H22N4O/c1-12-16-7-6-14(17-12)19-10-4-5-13(11-19)15(20)18-8-2-3-9-18/h6-7,13H,2-5,8-11H2,1H3. The van der Waals surface area contributed by atoms with Crippen molar-refractivity contribution >= 4 is 11.7 Å². The molecule has 1 atom stereocenters. The monoisotopic (exact) mass is 274 g/mol. The van der Waals surface area contributed by atoms with Crippen LogP contribution in [-0.4, -0.2) is 47.0 Å². The molecule has 0 radical (unpaired) electrons. The van der Waals surface area contributed by atoms with Crippen LogP contribution in [0.4, 0.5) is 5.82 Å². The van der Waals surface area contributed by atoms with E-state index in [2.05, 4.69) is 14.9 Å². The van der Waals surface area contributed by atoms with Crippen LogP contribution in [0.25, 0.3) is 0 Å². The molecule has 0 aromatic carbocycles. The van der Waals surface area contributed by atoms with Gasteiger partial charge < -0.3 is 9.80 Å². The second-order valence-corrected chi connectivity index (χ2v) is 5.78. The van der Waals surface area contributed by atoms with Gasteiger partial charge in [0.2, 0.25) is 5.91 Å². The maximum atomic E-state index is 12.5. The fourth-order valence-electron chi connectivity index (χ4n) is 3.20. The largest absolute Gasteiger partial charge is 0.356 e. The molecule has 0 saturated carbocycles. The Morgan fingerprint density at radius 2 is 2.05 bits per heavy atom. The summed E-state index contributed by atoms with van der Waals surface area (Å²) in [6.45, 7) is 5.58. The third-order valence-corrected chi connectivity index (χ3v) is 4.27. The van der Waals surface area contributed by atoms with Crippen molar-refractivity contribution in [3.8, 4) is 0 Å². The SMILES string of the molecule is Cc1nccc(N2CCCC(C(=O)N3CCCC3)C2)n1. The summed E-state index contributed by atoms with van der Waals surface area (Å²) in [7, 11) is 0. The highest BCUT2D eigenvalue weighted by Crippen LogP contribution is 2.24. The number of piperidine rings is 1. The maximum Gasteiger partial charge on any atom is 0.227 e. The molecule has 3 heterocycles. The number of hydrogen-bond acceptors (Lipinski definition) is 4. The molecule has 1 aromatic rings. The highest BCUT2D eigenvalue weighted by molar-refractivity contribution is 5.80. The highest BCUT2D eigenvalue weighted by Gasteiger charge is 2.30. The van der Waals surface area contributed by atoms with E-state index in [0.29, 0.717) is 5.91 Å². The van der Waals surface area contributed by atoms with E-state index in [1.807, 2.05) is 17.9 Å². The lowest BCUT2D eigenvalue weighted by atomic mass is 9.96. The number of likely N-dealkylation sites (tertiary alicyclic amines) is 1. The van der Waals surface area contributed by atoms with Crippen molar-refractivity contribution in [1.29, 1.82) is 0 Å². The summed E-state index contributed by atoms with van der Waals surface area (Å²) in [5.41, 5.74) is 0. The minimum absolute atomic E-state index is 0.136. The Hall–Kier alpha value is -1.65. The van der Waals surface area contributed by atoms with Gasteiger partial charge in [0.05, 0.1) is 5.92 Å². The summed E-state index contributed by atoms with van der Waals surface area (Å²) < 4.78 is 0. The lowest BCUT2D eigenvalue weighted by Gasteiger charge is -2.34. The van der Waals surface area contributed by atoms with Gasteiger partial charge in [0, 0.05) is 32.4 Å². The molecule has 1 amide bonds. The minimum Gasteiger partial charge on any atom is -0.356 e. The summed E-state index contributed by atoms with van der Waals surface area (Å²) in [4.78, 5) is 25.4. The third-order valence-electron chi connectivity index (χ3n) is 4.27. The van der Waals surface area contributed by atoms with E-state index in [-0.39, 0.29) is 5.92 Å². The Bertz CT molecular complexity index is 485. The Labute approximate surface area is 120 Å². The fourth-order valence-corrected chi connectivity index (χ4v) is 3.20. The predicted molar refractivity (Wildman–Crippen MR) is 77.5 cm³/mol. The summed E-state index contributed by atoms with van der Waals surface area (Å²) >= 11 is 0. The van der Waals surface area contributed by atoms with Crippen molar-refractivity contribution in [3.05, 3.63) is 18.1 Å². The molecule has 5 nitrogen and oxygen atoms in total. The van der Waals surface area contributed by atoms with E-state index in [9.17, 15) is 4.79 Å². The molecule has 2 aliphatic rings. The van der Waals surface area contributed by atoms with Crippen LogP contribution in [0.15, 0.2) is 12.3 Å². The van der Waals surface area contributed by atoms with Gasteiger partial charge >= 0.3 is 0 Å². The van der Waals surface area contributed by atoms with Crippen LogP contribution in [0, 0.1) is 12.8 Å². The van der Waals surface area contributed by atoms with Gasteiger partial charge in [0.25, 0.3) is 0 Å². The van der Waals surface area contributed by atoms with Crippen molar-refractivity contribution < 1.29 is 4.79 Å². The van der Waals surface area contributed by atoms with Crippen LogP contribution in [-0.2, 0) is 4.79 Å². The minimum atomic E-state index is 0.136. The number of amides is 1.